The summed E-state index contributed by atoms with van der Waals surface area (Å²) < 4.78 is 0. The number of carbonyl (C=O) groups is 5. The summed E-state index contributed by atoms with van der Waals surface area (Å²) >= 11 is 0. The van der Waals surface area contributed by atoms with Crippen LogP contribution in [0, 0.1) is 0 Å². The molecule has 3 amide bonds. The number of hydrogen-bond acceptors (Lipinski definition) is 8. The molecule has 0 radical (unpaired) electrons. The molecule has 2 aliphatic rings. The summed E-state index contributed by atoms with van der Waals surface area (Å²) in [7, 11) is 0. The monoisotopic (exact) mass is 296 g/mol. The molecule has 0 aromatic rings. The van der Waals surface area contributed by atoms with E-state index in [2.05, 4.69) is 9.68 Å². The van der Waals surface area contributed by atoms with Crippen molar-refractivity contribution in [3.63, 3.8) is 0 Å². The van der Waals surface area contributed by atoms with Gasteiger partial charge < -0.3 is 14.8 Å². The van der Waals surface area contributed by atoms with Crippen LogP contribution in [0.5, 0.6) is 0 Å². The number of aliphatic hydroxyl groups excluding tert-OH is 1. The predicted octanol–water partition coefficient (Wildman–Crippen LogP) is -2.07. The van der Waals surface area contributed by atoms with Gasteiger partial charge in [0.1, 0.15) is 6.42 Å². The number of nitrogens with zero attached hydrogens (tertiary/aromatic N) is 2. The molecule has 1 unspecified atom stereocenters. The minimum Gasteiger partial charge on any atom is -0.367 e. The van der Waals surface area contributed by atoms with Gasteiger partial charge in [-0.05, 0) is 6.08 Å². The van der Waals surface area contributed by atoms with Gasteiger partial charge in [0.2, 0.25) is 0 Å². The van der Waals surface area contributed by atoms with Crippen molar-refractivity contribution in [2.45, 2.75) is 12.6 Å². The van der Waals surface area contributed by atoms with Crippen LogP contribution in [0.3, 0.4) is 0 Å². The van der Waals surface area contributed by atoms with Crippen molar-refractivity contribution < 1.29 is 38.8 Å². The standard InChI is InChI=1S/C11H8N2O8/c14-6-1-2-7(15)12(6)20-10(18)5-11(19)21-13-8(16)3-4-9(13)17/h1-4,6,14H,5H2. The maximum absolute atomic E-state index is 11.4. The Hall–Kier alpha value is -3.01. The third kappa shape index (κ3) is 3.12. The van der Waals surface area contributed by atoms with Crippen LogP contribution in [0.2, 0.25) is 0 Å². The van der Waals surface area contributed by atoms with E-state index >= 15 is 0 Å². The molecule has 2 aliphatic heterocycles. The molecule has 2 rings (SSSR count). The highest BCUT2D eigenvalue weighted by atomic mass is 16.7. The second kappa shape index (κ2) is 5.54. The lowest BCUT2D eigenvalue weighted by Crippen LogP contribution is -2.37. The first-order valence-electron chi connectivity index (χ1n) is 5.55. The van der Waals surface area contributed by atoms with Gasteiger partial charge in [-0.2, -0.15) is 0 Å². The summed E-state index contributed by atoms with van der Waals surface area (Å²) in [6, 6.07) is 0. The van der Waals surface area contributed by atoms with Gasteiger partial charge in [-0.25, -0.2) is 9.59 Å². The van der Waals surface area contributed by atoms with Gasteiger partial charge in [0.05, 0.1) is 0 Å². The van der Waals surface area contributed by atoms with Crippen molar-refractivity contribution in [1.82, 2.24) is 10.1 Å². The highest BCUT2D eigenvalue weighted by Gasteiger charge is 2.31. The molecule has 1 N–H and O–H groups in total. The van der Waals surface area contributed by atoms with E-state index in [1.807, 2.05) is 0 Å². The largest absolute Gasteiger partial charge is 0.367 e. The van der Waals surface area contributed by atoms with Crippen molar-refractivity contribution in [3.8, 4) is 0 Å². The number of hydroxylamine groups is 4. The minimum absolute atomic E-state index is 0.174. The van der Waals surface area contributed by atoms with Crippen LogP contribution in [0.25, 0.3) is 0 Å². The van der Waals surface area contributed by atoms with Gasteiger partial charge in [0.15, 0.2) is 6.23 Å². The predicted molar refractivity (Wildman–Crippen MR) is 59.8 cm³/mol. The zero-order valence-corrected chi connectivity index (χ0v) is 10.3. The molecule has 10 heteroatoms. The summed E-state index contributed by atoms with van der Waals surface area (Å²) in [6.07, 6.45) is 1.42. The van der Waals surface area contributed by atoms with E-state index in [0.717, 1.165) is 24.3 Å². The lowest BCUT2D eigenvalue weighted by molar-refractivity contribution is -0.220. The molecule has 0 aromatic carbocycles. The van der Waals surface area contributed by atoms with Crippen molar-refractivity contribution in [1.29, 1.82) is 0 Å². The maximum atomic E-state index is 11.4. The molecule has 110 valence electrons. The topological polar surface area (TPSA) is 131 Å². The first-order chi connectivity index (χ1) is 9.88. The van der Waals surface area contributed by atoms with E-state index in [-0.39, 0.29) is 5.06 Å². The van der Waals surface area contributed by atoms with Crippen LogP contribution < -0.4 is 0 Å². The SMILES string of the molecule is O=C(CC(=O)ON1C(=O)C=CC1O)ON1C(=O)C=CC1=O. The highest BCUT2D eigenvalue weighted by Crippen LogP contribution is 2.11. The summed E-state index contributed by atoms with van der Waals surface area (Å²) in [4.78, 5) is 64.9. The van der Waals surface area contributed by atoms with Crippen LogP contribution in [0.15, 0.2) is 24.3 Å². The van der Waals surface area contributed by atoms with Crippen LogP contribution in [0.1, 0.15) is 6.42 Å². The zero-order valence-electron chi connectivity index (χ0n) is 10.3. The van der Waals surface area contributed by atoms with Crippen LogP contribution in [-0.2, 0) is 33.6 Å². The Kier molecular flexibility index (Phi) is 3.80. The fourth-order valence-corrected chi connectivity index (χ4v) is 1.42. The number of amides is 3. The number of aliphatic hydroxyl groups is 1. The molecule has 21 heavy (non-hydrogen) atoms. The van der Waals surface area contributed by atoms with E-state index in [9.17, 15) is 29.1 Å². The Morgan fingerprint density at radius 3 is 2.10 bits per heavy atom. The Labute approximate surface area is 116 Å². The van der Waals surface area contributed by atoms with Crippen molar-refractivity contribution in [3.05, 3.63) is 24.3 Å². The molecule has 0 aliphatic carbocycles. The van der Waals surface area contributed by atoms with E-state index < -0.39 is 42.3 Å². The normalized spacial score (nSPS) is 20.4. The van der Waals surface area contributed by atoms with Gasteiger partial charge in [-0.15, -0.1) is 5.06 Å². The van der Waals surface area contributed by atoms with E-state index in [0.29, 0.717) is 5.06 Å². The summed E-state index contributed by atoms with van der Waals surface area (Å²) in [5.41, 5.74) is 0. The smallest absolute Gasteiger partial charge is 0.344 e. The molecule has 0 saturated carbocycles. The summed E-state index contributed by atoms with van der Waals surface area (Å²) in [6.45, 7) is 0. The maximum Gasteiger partial charge on any atom is 0.344 e. The zero-order chi connectivity index (χ0) is 15.6. The van der Waals surface area contributed by atoms with Gasteiger partial charge in [0.25, 0.3) is 17.7 Å². The lowest BCUT2D eigenvalue weighted by atomic mass is 10.4. The molecule has 0 saturated heterocycles. The van der Waals surface area contributed by atoms with E-state index in [4.69, 9.17) is 0 Å². The Bertz CT molecular complexity index is 575. The van der Waals surface area contributed by atoms with Gasteiger partial charge >= 0.3 is 11.9 Å². The second-order valence-electron chi connectivity index (χ2n) is 3.84. The number of imide groups is 1. The molecular weight excluding hydrogens is 288 g/mol. The molecule has 0 bridgehead atoms. The highest BCUT2D eigenvalue weighted by molar-refractivity contribution is 6.12. The van der Waals surface area contributed by atoms with Crippen LogP contribution in [-0.4, -0.2) is 51.1 Å². The average Bonchev–Trinajstić information content (AvgIpc) is 2.88. The minimum atomic E-state index is -1.44. The first kappa shape index (κ1) is 14.4. The van der Waals surface area contributed by atoms with Crippen molar-refractivity contribution >= 4 is 29.7 Å². The first-order valence-corrected chi connectivity index (χ1v) is 5.55. The molecule has 0 spiro atoms. The van der Waals surface area contributed by atoms with Gasteiger partial charge in [-0.1, -0.05) is 5.06 Å². The van der Waals surface area contributed by atoms with Crippen molar-refractivity contribution in [2.75, 3.05) is 0 Å². The number of hydrogen-bond donors (Lipinski definition) is 1. The molecule has 0 fully saturated rings. The average molecular weight is 296 g/mol. The Morgan fingerprint density at radius 1 is 1.00 bits per heavy atom. The summed E-state index contributed by atoms with van der Waals surface area (Å²) in [5, 5.41) is 9.78. The molecule has 0 aromatic heterocycles. The van der Waals surface area contributed by atoms with Gasteiger partial charge in [-0.3, -0.25) is 14.4 Å². The lowest BCUT2D eigenvalue weighted by Gasteiger charge is -2.18. The van der Waals surface area contributed by atoms with E-state index in [1.54, 1.807) is 0 Å². The number of carbonyl (C=O) groups excluding carboxylic acids is 5. The molecule has 2 heterocycles. The van der Waals surface area contributed by atoms with Crippen LogP contribution in [0.4, 0.5) is 0 Å². The Morgan fingerprint density at radius 2 is 1.57 bits per heavy atom. The Balaban J connectivity index is 1.83. The molecule has 10 nitrogen and oxygen atoms in total. The summed E-state index contributed by atoms with van der Waals surface area (Å²) in [5.74, 6) is -4.95. The quantitative estimate of drug-likeness (QED) is 0.462. The van der Waals surface area contributed by atoms with Crippen molar-refractivity contribution in [2.24, 2.45) is 0 Å². The third-order valence-electron chi connectivity index (χ3n) is 2.32. The van der Waals surface area contributed by atoms with E-state index in [1.165, 1.54) is 0 Å². The molecule has 1 atom stereocenters. The van der Waals surface area contributed by atoms with Crippen LogP contribution >= 0.6 is 0 Å². The fraction of sp³-hybridized carbons (Fsp3) is 0.182. The second-order valence-corrected chi connectivity index (χ2v) is 3.84. The fourth-order valence-electron chi connectivity index (χ4n) is 1.42. The number of rotatable bonds is 4. The molecular formula is C11H8N2O8. The third-order valence-corrected chi connectivity index (χ3v) is 2.32. The van der Waals surface area contributed by atoms with Gasteiger partial charge in [0, 0.05) is 18.2 Å².